The van der Waals surface area contributed by atoms with E-state index in [2.05, 4.69) is 0 Å². The monoisotopic (exact) mass is 213 g/mol. The van der Waals surface area contributed by atoms with Crippen LogP contribution >= 0.6 is 0 Å². The van der Waals surface area contributed by atoms with Crippen LogP contribution in [0.5, 0.6) is 5.75 Å². The van der Waals surface area contributed by atoms with E-state index in [4.69, 9.17) is 10.5 Å². The summed E-state index contributed by atoms with van der Waals surface area (Å²) < 4.78 is 18.2. The van der Waals surface area contributed by atoms with Crippen LogP contribution < -0.4 is 10.5 Å². The fourth-order valence-corrected chi connectivity index (χ4v) is 1.20. The zero-order chi connectivity index (χ0) is 11.1. The van der Waals surface area contributed by atoms with Gasteiger partial charge in [0.2, 0.25) is 0 Å². The maximum absolute atomic E-state index is 13.1. The van der Waals surface area contributed by atoms with Crippen molar-refractivity contribution < 1.29 is 14.2 Å². The summed E-state index contributed by atoms with van der Waals surface area (Å²) in [6, 6.07) is 6.20. The lowest BCUT2D eigenvalue weighted by Gasteiger charge is -2.10. The van der Waals surface area contributed by atoms with Gasteiger partial charge in [-0.2, -0.15) is 0 Å². The lowest BCUT2D eigenvalue weighted by molar-refractivity contribution is 0.132. The van der Waals surface area contributed by atoms with Crippen molar-refractivity contribution in [1.82, 2.24) is 0 Å². The van der Waals surface area contributed by atoms with E-state index in [1.54, 1.807) is 18.2 Å². The first-order valence-electron chi connectivity index (χ1n) is 4.99. The van der Waals surface area contributed by atoms with E-state index in [1.807, 2.05) is 0 Å². The summed E-state index contributed by atoms with van der Waals surface area (Å²) in [7, 11) is 0. The van der Waals surface area contributed by atoms with Crippen LogP contribution in [0.25, 0.3) is 0 Å². The van der Waals surface area contributed by atoms with Gasteiger partial charge in [0, 0.05) is 6.42 Å². The highest BCUT2D eigenvalue weighted by Gasteiger charge is 2.05. The highest BCUT2D eigenvalue weighted by molar-refractivity contribution is 5.23. The molecule has 3 N–H and O–H groups in total. The van der Waals surface area contributed by atoms with E-state index >= 15 is 0 Å². The molecule has 15 heavy (non-hydrogen) atoms. The highest BCUT2D eigenvalue weighted by Crippen LogP contribution is 2.15. The molecule has 0 bridgehead atoms. The molecule has 0 aliphatic carbocycles. The van der Waals surface area contributed by atoms with Gasteiger partial charge in [0.25, 0.3) is 0 Å². The number of hydrogen-bond donors (Lipinski definition) is 2. The first-order valence-corrected chi connectivity index (χ1v) is 4.99. The van der Waals surface area contributed by atoms with Gasteiger partial charge in [0.15, 0.2) is 11.6 Å². The number of nitrogens with two attached hydrogens (primary N) is 1. The predicted octanol–water partition coefficient (Wildman–Crippen LogP) is 1.30. The molecular weight excluding hydrogens is 197 g/mol. The van der Waals surface area contributed by atoms with Gasteiger partial charge in [-0.1, -0.05) is 12.1 Å². The van der Waals surface area contributed by atoms with E-state index in [9.17, 15) is 9.50 Å². The van der Waals surface area contributed by atoms with Crippen LogP contribution in [0, 0.1) is 5.82 Å². The van der Waals surface area contributed by atoms with Crippen molar-refractivity contribution in [3.05, 3.63) is 30.1 Å². The standard InChI is InChI=1S/C11H16FNO2/c12-10-3-1-2-4-11(10)15-8-6-9(14)5-7-13/h1-4,9,14H,5-8,13H2. The molecule has 0 heterocycles. The van der Waals surface area contributed by atoms with Crippen molar-refractivity contribution in [3.63, 3.8) is 0 Å². The zero-order valence-corrected chi connectivity index (χ0v) is 8.53. The number of halogens is 1. The number of para-hydroxylation sites is 1. The molecule has 1 unspecified atom stereocenters. The van der Waals surface area contributed by atoms with E-state index in [0.717, 1.165) is 0 Å². The molecule has 0 saturated carbocycles. The van der Waals surface area contributed by atoms with Gasteiger partial charge in [-0.25, -0.2) is 4.39 Å². The summed E-state index contributed by atoms with van der Waals surface area (Å²) in [5.41, 5.74) is 5.28. The van der Waals surface area contributed by atoms with Crippen LogP contribution in [0.1, 0.15) is 12.8 Å². The second kappa shape index (κ2) is 6.37. The average Bonchev–Trinajstić information content (AvgIpc) is 2.21. The Morgan fingerprint density at radius 3 is 2.73 bits per heavy atom. The molecule has 0 spiro atoms. The first kappa shape index (κ1) is 11.9. The minimum Gasteiger partial charge on any atom is -0.490 e. The Kier molecular flexibility index (Phi) is 5.07. The maximum Gasteiger partial charge on any atom is 0.165 e. The van der Waals surface area contributed by atoms with E-state index in [1.165, 1.54) is 6.07 Å². The van der Waals surface area contributed by atoms with Gasteiger partial charge in [0.1, 0.15) is 0 Å². The molecule has 1 atom stereocenters. The zero-order valence-electron chi connectivity index (χ0n) is 8.53. The van der Waals surface area contributed by atoms with Gasteiger partial charge in [0.05, 0.1) is 12.7 Å². The van der Waals surface area contributed by atoms with Crippen LogP contribution in [0.4, 0.5) is 4.39 Å². The molecule has 1 aromatic carbocycles. The summed E-state index contributed by atoms with van der Waals surface area (Å²) in [5.74, 6) is -0.164. The molecule has 0 radical (unpaired) electrons. The molecule has 0 saturated heterocycles. The SMILES string of the molecule is NCCC(O)CCOc1ccccc1F. The maximum atomic E-state index is 13.1. The fraction of sp³-hybridized carbons (Fsp3) is 0.455. The third kappa shape index (κ3) is 4.27. The third-order valence-electron chi connectivity index (χ3n) is 2.05. The van der Waals surface area contributed by atoms with Gasteiger partial charge in [-0.3, -0.25) is 0 Å². The quantitative estimate of drug-likeness (QED) is 0.749. The van der Waals surface area contributed by atoms with Gasteiger partial charge in [-0.15, -0.1) is 0 Å². The molecular formula is C11H16FNO2. The Morgan fingerprint density at radius 1 is 1.33 bits per heavy atom. The lowest BCUT2D eigenvalue weighted by Crippen LogP contribution is -2.16. The largest absolute Gasteiger partial charge is 0.490 e. The second-order valence-corrected chi connectivity index (χ2v) is 3.30. The molecule has 0 aromatic heterocycles. The predicted molar refractivity (Wildman–Crippen MR) is 56.2 cm³/mol. The van der Waals surface area contributed by atoms with Gasteiger partial charge < -0.3 is 15.6 Å². The summed E-state index contributed by atoms with van der Waals surface area (Å²) >= 11 is 0. The number of hydrogen-bond acceptors (Lipinski definition) is 3. The Labute approximate surface area is 88.7 Å². The first-order chi connectivity index (χ1) is 7.24. The van der Waals surface area contributed by atoms with E-state index in [-0.39, 0.29) is 11.6 Å². The van der Waals surface area contributed by atoms with Crippen molar-refractivity contribution >= 4 is 0 Å². The Morgan fingerprint density at radius 2 is 2.07 bits per heavy atom. The molecule has 1 rings (SSSR count). The van der Waals surface area contributed by atoms with Crippen LogP contribution in [-0.4, -0.2) is 24.4 Å². The number of aliphatic hydroxyl groups is 1. The molecule has 0 fully saturated rings. The van der Waals surface area contributed by atoms with Crippen LogP contribution in [0.2, 0.25) is 0 Å². The van der Waals surface area contributed by atoms with E-state index < -0.39 is 6.10 Å². The Hall–Kier alpha value is -1.13. The lowest BCUT2D eigenvalue weighted by atomic mass is 10.2. The molecule has 0 aliphatic rings. The van der Waals surface area contributed by atoms with Crippen molar-refractivity contribution in [2.45, 2.75) is 18.9 Å². The average molecular weight is 213 g/mol. The topological polar surface area (TPSA) is 55.5 Å². The summed E-state index contributed by atoms with van der Waals surface area (Å²) in [5, 5.41) is 9.34. The number of rotatable bonds is 6. The molecule has 1 aromatic rings. The fourth-order valence-electron chi connectivity index (χ4n) is 1.20. The van der Waals surface area contributed by atoms with Gasteiger partial charge in [-0.05, 0) is 25.1 Å². The minimum atomic E-state index is -0.471. The summed E-state index contributed by atoms with van der Waals surface area (Å²) in [6.45, 7) is 0.739. The number of ether oxygens (including phenoxy) is 1. The van der Waals surface area contributed by atoms with Crippen LogP contribution in [-0.2, 0) is 0 Å². The van der Waals surface area contributed by atoms with Gasteiger partial charge >= 0.3 is 0 Å². The van der Waals surface area contributed by atoms with Crippen molar-refractivity contribution in [2.24, 2.45) is 5.73 Å². The number of benzene rings is 1. The van der Waals surface area contributed by atoms with E-state index in [0.29, 0.717) is 26.0 Å². The van der Waals surface area contributed by atoms with Crippen molar-refractivity contribution in [2.75, 3.05) is 13.2 Å². The minimum absolute atomic E-state index is 0.220. The van der Waals surface area contributed by atoms with Crippen molar-refractivity contribution in [1.29, 1.82) is 0 Å². The third-order valence-corrected chi connectivity index (χ3v) is 2.05. The molecule has 0 aliphatic heterocycles. The number of aliphatic hydroxyl groups excluding tert-OH is 1. The molecule has 3 nitrogen and oxygen atoms in total. The summed E-state index contributed by atoms with van der Waals surface area (Å²) in [6.07, 6.45) is 0.536. The Balaban J connectivity index is 2.29. The smallest absolute Gasteiger partial charge is 0.165 e. The van der Waals surface area contributed by atoms with Crippen LogP contribution in [0.3, 0.4) is 0 Å². The Bertz CT molecular complexity index is 294. The molecule has 4 heteroatoms. The summed E-state index contributed by atoms with van der Waals surface area (Å²) in [4.78, 5) is 0. The second-order valence-electron chi connectivity index (χ2n) is 3.30. The molecule has 0 amide bonds. The van der Waals surface area contributed by atoms with Crippen LogP contribution in [0.15, 0.2) is 24.3 Å². The normalized spacial score (nSPS) is 12.5. The molecule has 84 valence electrons. The highest BCUT2D eigenvalue weighted by atomic mass is 19.1. The van der Waals surface area contributed by atoms with Crippen molar-refractivity contribution in [3.8, 4) is 5.75 Å².